The van der Waals surface area contributed by atoms with Gasteiger partial charge in [-0.15, -0.1) is 5.10 Å². The van der Waals surface area contributed by atoms with E-state index in [1.807, 2.05) is 6.07 Å². The van der Waals surface area contributed by atoms with Gasteiger partial charge < -0.3 is 15.4 Å². The van der Waals surface area contributed by atoms with Crippen molar-refractivity contribution >= 4 is 23.4 Å². The Hall–Kier alpha value is -2.70. The van der Waals surface area contributed by atoms with E-state index < -0.39 is 5.97 Å². The highest BCUT2D eigenvalue weighted by molar-refractivity contribution is 5.96. The average Bonchev–Trinajstić information content (AvgIpc) is 3.31. The Balaban J connectivity index is 1.81. The third kappa shape index (κ3) is 3.25. The summed E-state index contributed by atoms with van der Waals surface area (Å²) in [6, 6.07) is 7.50. The van der Waals surface area contributed by atoms with Crippen LogP contribution in [0.2, 0.25) is 0 Å². The maximum Gasteiger partial charge on any atom is 0.339 e. The third-order valence-corrected chi connectivity index (χ3v) is 3.07. The first-order chi connectivity index (χ1) is 10.3. The Morgan fingerprint density at radius 1 is 1.33 bits per heavy atom. The lowest BCUT2D eigenvalue weighted by Gasteiger charge is -2.09. The number of esters is 1. The molecule has 0 atom stereocenters. The highest BCUT2D eigenvalue weighted by atomic mass is 16.5. The van der Waals surface area contributed by atoms with Crippen LogP contribution in [0.4, 0.5) is 17.5 Å². The molecule has 0 amide bonds. The van der Waals surface area contributed by atoms with E-state index in [9.17, 15) is 4.79 Å². The van der Waals surface area contributed by atoms with E-state index in [1.165, 1.54) is 7.11 Å². The number of para-hydroxylation sites is 1. The van der Waals surface area contributed by atoms with Crippen LogP contribution in [0.5, 0.6) is 0 Å². The van der Waals surface area contributed by atoms with Gasteiger partial charge in [0.05, 0.1) is 24.6 Å². The number of methoxy groups -OCH3 is 1. The van der Waals surface area contributed by atoms with Crippen LogP contribution in [-0.4, -0.2) is 34.3 Å². The number of carbonyl (C=O) groups is 1. The van der Waals surface area contributed by atoms with Gasteiger partial charge in [0.1, 0.15) is 0 Å². The van der Waals surface area contributed by atoms with Crippen molar-refractivity contribution in [3.05, 3.63) is 36.0 Å². The van der Waals surface area contributed by atoms with Crippen molar-refractivity contribution in [2.75, 3.05) is 17.7 Å². The van der Waals surface area contributed by atoms with Gasteiger partial charge in [-0.3, -0.25) is 0 Å². The molecule has 0 saturated heterocycles. The molecule has 1 heterocycles. The number of anilines is 3. The summed E-state index contributed by atoms with van der Waals surface area (Å²) in [5, 5.41) is 14.1. The van der Waals surface area contributed by atoms with Gasteiger partial charge >= 0.3 is 5.97 Å². The van der Waals surface area contributed by atoms with Gasteiger partial charge in [0.15, 0.2) is 5.82 Å². The second kappa shape index (κ2) is 5.74. The number of ether oxygens (including phenoxy) is 1. The quantitative estimate of drug-likeness (QED) is 0.812. The number of benzene rings is 1. The second-order valence-corrected chi connectivity index (χ2v) is 4.75. The van der Waals surface area contributed by atoms with Crippen molar-refractivity contribution in [1.82, 2.24) is 15.2 Å². The fourth-order valence-corrected chi connectivity index (χ4v) is 1.86. The number of carbonyl (C=O) groups excluding carboxylic acids is 1. The molecule has 1 aliphatic rings. The van der Waals surface area contributed by atoms with E-state index in [1.54, 1.807) is 24.4 Å². The molecule has 7 nitrogen and oxygen atoms in total. The molecule has 2 N–H and O–H groups in total. The Kier molecular flexibility index (Phi) is 3.63. The molecule has 0 spiro atoms. The molecule has 0 radical (unpaired) electrons. The molecule has 3 rings (SSSR count). The van der Waals surface area contributed by atoms with E-state index in [2.05, 4.69) is 25.8 Å². The molecule has 1 fully saturated rings. The van der Waals surface area contributed by atoms with Crippen LogP contribution < -0.4 is 10.6 Å². The lowest BCUT2D eigenvalue weighted by atomic mass is 10.2. The number of nitrogens with zero attached hydrogens (tertiary/aromatic N) is 3. The molecule has 108 valence electrons. The van der Waals surface area contributed by atoms with E-state index in [0.29, 0.717) is 29.1 Å². The zero-order chi connectivity index (χ0) is 14.7. The minimum atomic E-state index is -0.418. The molecule has 0 unspecified atom stereocenters. The molecule has 2 aromatic rings. The topological polar surface area (TPSA) is 89.0 Å². The first kappa shape index (κ1) is 13.3. The highest BCUT2D eigenvalue weighted by Crippen LogP contribution is 2.24. The SMILES string of the molecule is COC(=O)c1ccccc1Nc1nncc(NC2CC2)n1. The third-order valence-electron chi connectivity index (χ3n) is 3.07. The summed E-state index contributed by atoms with van der Waals surface area (Å²) in [6.45, 7) is 0. The van der Waals surface area contributed by atoms with Crippen molar-refractivity contribution in [2.45, 2.75) is 18.9 Å². The molecule has 1 saturated carbocycles. The molecule has 0 bridgehead atoms. The summed E-state index contributed by atoms with van der Waals surface area (Å²) < 4.78 is 4.75. The molecule has 1 aliphatic carbocycles. The predicted octanol–water partition coefficient (Wildman–Crippen LogP) is 1.98. The van der Waals surface area contributed by atoms with Crippen LogP contribution in [0.1, 0.15) is 23.2 Å². The number of rotatable bonds is 5. The normalized spacial score (nSPS) is 13.6. The first-order valence-electron chi connectivity index (χ1n) is 6.67. The number of aromatic nitrogens is 3. The largest absolute Gasteiger partial charge is 0.465 e. The van der Waals surface area contributed by atoms with Gasteiger partial charge in [0.25, 0.3) is 0 Å². The molecule has 1 aromatic carbocycles. The van der Waals surface area contributed by atoms with E-state index >= 15 is 0 Å². The minimum absolute atomic E-state index is 0.331. The van der Waals surface area contributed by atoms with Crippen LogP contribution in [0.15, 0.2) is 30.5 Å². The van der Waals surface area contributed by atoms with Crippen LogP contribution >= 0.6 is 0 Å². The zero-order valence-electron chi connectivity index (χ0n) is 11.5. The van der Waals surface area contributed by atoms with Gasteiger partial charge in [-0.2, -0.15) is 10.1 Å². The Labute approximate surface area is 121 Å². The molecule has 21 heavy (non-hydrogen) atoms. The predicted molar refractivity (Wildman–Crippen MR) is 77.5 cm³/mol. The van der Waals surface area contributed by atoms with Gasteiger partial charge in [-0.1, -0.05) is 12.1 Å². The van der Waals surface area contributed by atoms with Crippen LogP contribution in [0.25, 0.3) is 0 Å². The molecule has 0 aliphatic heterocycles. The summed E-state index contributed by atoms with van der Waals surface area (Å²) in [5.41, 5.74) is 0.999. The van der Waals surface area contributed by atoms with E-state index in [4.69, 9.17) is 4.74 Å². The van der Waals surface area contributed by atoms with Gasteiger partial charge in [0, 0.05) is 6.04 Å². The monoisotopic (exact) mass is 285 g/mol. The lowest BCUT2D eigenvalue weighted by Crippen LogP contribution is -2.09. The Morgan fingerprint density at radius 2 is 2.14 bits per heavy atom. The zero-order valence-corrected chi connectivity index (χ0v) is 11.5. The van der Waals surface area contributed by atoms with Crippen LogP contribution in [0, 0.1) is 0 Å². The summed E-state index contributed by atoms with van der Waals surface area (Å²) in [6.07, 6.45) is 3.88. The minimum Gasteiger partial charge on any atom is -0.465 e. The fraction of sp³-hybridized carbons (Fsp3) is 0.286. The van der Waals surface area contributed by atoms with Crippen LogP contribution in [0.3, 0.4) is 0 Å². The fourth-order valence-electron chi connectivity index (χ4n) is 1.86. The average molecular weight is 285 g/mol. The van der Waals surface area contributed by atoms with Crippen molar-refractivity contribution in [1.29, 1.82) is 0 Å². The van der Waals surface area contributed by atoms with Crippen molar-refractivity contribution in [3.63, 3.8) is 0 Å². The van der Waals surface area contributed by atoms with Crippen LogP contribution in [-0.2, 0) is 4.74 Å². The summed E-state index contributed by atoms with van der Waals surface area (Å²) in [5.74, 6) is 0.584. The lowest BCUT2D eigenvalue weighted by molar-refractivity contribution is 0.0602. The van der Waals surface area contributed by atoms with Gasteiger partial charge in [0.2, 0.25) is 5.95 Å². The number of hydrogen-bond acceptors (Lipinski definition) is 7. The maximum absolute atomic E-state index is 11.7. The summed E-state index contributed by atoms with van der Waals surface area (Å²) in [7, 11) is 1.34. The number of nitrogens with one attached hydrogen (secondary N) is 2. The molecular formula is C14H15N5O2. The Morgan fingerprint density at radius 3 is 2.90 bits per heavy atom. The number of hydrogen-bond donors (Lipinski definition) is 2. The maximum atomic E-state index is 11.7. The van der Waals surface area contributed by atoms with Gasteiger partial charge in [-0.25, -0.2) is 4.79 Å². The highest BCUT2D eigenvalue weighted by Gasteiger charge is 2.21. The first-order valence-corrected chi connectivity index (χ1v) is 6.67. The standard InChI is InChI=1S/C14H15N5O2/c1-21-13(20)10-4-2-3-5-11(10)17-14-18-12(8-15-19-14)16-9-6-7-9/h2-5,8-9H,6-7H2,1H3,(H2,16,17,18,19). The molecular weight excluding hydrogens is 270 g/mol. The van der Waals surface area contributed by atoms with E-state index in [-0.39, 0.29) is 0 Å². The second-order valence-electron chi connectivity index (χ2n) is 4.75. The molecule has 7 heteroatoms. The molecule has 1 aromatic heterocycles. The smallest absolute Gasteiger partial charge is 0.339 e. The Bertz CT molecular complexity index is 657. The summed E-state index contributed by atoms with van der Waals surface area (Å²) in [4.78, 5) is 16.0. The van der Waals surface area contributed by atoms with Crippen molar-refractivity contribution in [3.8, 4) is 0 Å². The summed E-state index contributed by atoms with van der Waals surface area (Å²) >= 11 is 0. The van der Waals surface area contributed by atoms with Crippen molar-refractivity contribution in [2.24, 2.45) is 0 Å². The van der Waals surface area contributed by atoms with E-state index in [0.717, 1.165) is 12.8 Å². The van der Waals surface area contributed by atoms with Crippen molar-refractivity contribution < 1.29 is 9.53 Å². The van der Waals surface area contributed by atoms with Gasteiger partial charge in [-0.05, 0) is 25.0 Å².